The van der Waals surface area contributed by atoms with E-state index >= 15 is 0 Å². The molecular weight excluding hydrogens is 522 g/mol. The van der Waals surface area contributed by atoms with E-state index in [0.29, 0.717) is 22.1 Å². The average Bonchev–Trinajstić information content (AvgIpc) is 3.28. The van der Waals surface area contributed by atoms with Gasteiger partial charge in [-0.05, 0) is 79.6 Å². The van der Waals surface area contributed by atoms with Gasteiger partial charge in [0, 0.05) is 11.7 Å². The molecule has 7 nitrogen and oxygen atoms in total. The summed E-state index contributed by atoms with van der Waals surface area (Å²) in [4.78, 5) is 33.4. The highest BCUT2D eigenvalue weighted by atomic mass is 32.2. The molecule has 2 fully saturated rings. The average molecular weight is 556 g/mol. The Morgan fingerprint density at radius 2 is 1.77 bits per heavy atom. The molecule has 0 unspecified atom stereocenters. The first kappa shape index (κ1) is 27.5. The van der Waals surface area contributed by atoms with Gasteiger partial charge in [-0.2, -0.15) is 0 Å². The quantitative estimate of drug-likeness (QED) is 0.304. The van der Waals surface area contributed by atoms with E-state index in [2.05, 4.69) is 5.32 Å². The normalized spacial score (nSPS) is 17.9. The molecule has 5 rings (SSSR count). The maximum absolute atomic E-state index is 13.7. The first-order chi connectivity index (χ1) is 19.5. The molecule has 1 aliphatic heterocycles. The van der Waals surface area contributed by atoms with Gasteiger partial charge in [0.2, 0.25) is 0 Å². The van der Waals surface area contributed by atoms with E-state index < -0.39 is 0 Å². The highest BCUT2D eigenvalue weighted by Crippen LogP contribution is 2.39. The van der Waals surface area contributed by atoms with Crippen LogP contribution in [-0.4, -0.2) is 41.6 Å². The van der Waals surface area contributed by atoms with Crippen molar-refractivity contribution in [1.82, 2.24) is 4.90 Å². The molecule has 3 aromatic rings. The number of carbonyl (C=O) groups excluding carboxylic acids is 2. The van der Waals surface area contributed by atoms with Crippen molar-refractivity contribution in [2.75, 3.05) is 19.0 Å². The third-order valence-corrected chi connectivity index (χ3v) is 7.92. The van der Waals surface area contributed by atoms with Crippen molar-refractivity contribution in [1.29, 1.82) is 0 Å². The van der Waals surface area contributed by atoms with Crippen LogP contribution in [-0.2, 0) is 9.59 Å². The number of methoxy groups -OCH3 is 1. The number of benzene rings is 3. The van der Waals surface area contributed by atoms with Crippen LogP contribution in [0.5, 0.6) is 11.5 Å². The molecule has 1 aliphatic carbocycles. The van der Waals surface area contributed by atoms with Crippen molar-refractivity contribution in [2.45, 2.75) is 45.1 Å². The second-order valence-electron chi connectivity index (χ2n) is 9.92. The molecule has 0 radical (unpaired) electrons. The fraction of sp³-hybridized carbons (Fsp3) is 0.281. The summed E-state index contributed by atoms with van der Waals surface area (Å²) < 4.78 is 11.3. The number of aliphatic imine (C=N–C) groups is 1. The van der Waals surface area contributed by atoms with Crippen molar-refractivity contribution in [3.63, 3.8) is 0 Å². The van der Waals surface area contributed by atoms with Gasteiger partial charge >= 0.3 is 0 Å². The lowest BCUT2D eigenvalue weighted by atomic mass is 9.94. The molecule has 1 heterocycles. The van der Waals surface area contributed by atoms with Crippen molar-refractivity contribution >= 4 is 46.2 Å². The number of nitrogens with one attached hydrogen (secondary N) is 1. The van der Waals surface area contributed by atoms with Crippen molar-refractivity contribution in [2.24, 2.45) is 4.99 Å². The molecule has 206 valence electrons. The standard InChI is InChI=1S/C32H33N3O4S/c1-22-13-16-25(17-14-22)34-32-35(26-11-7-4-8-12-26)31(37)29(40-32)20-23-15-18-27(28(19-23)38-2)39-21-30(36)33-24-9-5-3-6-10-24/h3,5-6,9-10,13-20,26H,4,7-8,11-12,21H2,1-2H3,(H,33,36)/b29-20+,34-32?. The van der Waals surface area contributed by atoms with E-state index in [1.807, 2.05) is 84.6 Å². The lowest BCUT2D eigenvalue weighted by Crippen LogP contribution is -2.40. The molecule has 1 N–H and O–H groups in total. The molecule has 0 bridgehead atoms. The van der Waals surface area contributed by atoms with E-state index in [1.54, 1.807) is 13.2 Å². The summed E-state index contributed by atoms with van der Waals surface area (Å²) >= 11 is 1.41. The summed E-state index contributed by atoms with van der Waals surface area (Å²) in [5.41, 5.74) is 3.51. The molecule has 8 heteroatoms. The number of carbonyl (C=O) groups is 2. The Kier molecular flexibility index (Phi) is 8.86. The van der Waals surface area contributed by atoms with Gasteiger partial charge in [0.25, 0.3) is 11.8 Å². The van der Waals surface area contributed by atoms with E-state index in [-0.39, 0.29) is 24.5 Å². The predicted molar refractivity (Wildman–Crippen MR) is 161 cm³/mol. The fourth-order valence-electron chi connectivity index (χ4n) is 4.86. The number of nitrogens with zero attached hydrogens (tertiary/aromatic N) is 2. The minimum Gasteiger partial charge on any atom is -0.493 e. The summed E-state index contributed by atoms with van der Waals surface area (Å²) in [6, 6.07) is 22.8. The fourth-order valence-corrected chi connectivity index (χ4v) is 5.92. The van der Waals surface area contributed by atoms with Gasteiger partial charge < -0.3 is 14.8 Å². The zero-order valence-electron chi connectivity index (χ0n) is 22.8. The first-order valence-corrected chi connectivity index (χ1v) is 14.4. The Morgan fingerprint density at radius 1 is 1.02 bits per heavy atom. The van der Waals surface area contributed by atoms with Crippen LogP contribution in [0.4, 0.5) is 11.4 Å². The molecular formula is C32H33N3O4S. The molecule has 0 aromatic heterocycles. The Morgan fingerprint density at radius 3 is 2.50 bits per heavy atom. The SMILES string of the molecule is COc1cc(/C=C2/SC(=Nc3ccc(C)cc3)N(C3CCCCC3)C2=O)ccc1OCC(=O)Nc1ccccc1. The van der Waals surface area contributed by atoms with Gasteiger partial charge in [-0.3, -0.25) is 14.5 Å². The number of thioether (sulfide) groups is 1. The summed E-state index contributed by atoms with van der Waals surface area (Å²) in [6.07, 6.45) is 7.31. The molecule has 2 amide bonds. The number of amidine groups is 1. The van der Waals surface area contributed by atoms with Crippen LogP contribution < -0.4 is 14.8 Å². The van der Waals surface area contributed by atoms with Crippen molar-refractivity contribution < 1.29 is 19.1 Å². The monoisotopic (exact) mass is 555 g/mol. The van der Waals surface area contributed by atoms with Gasteiger partial charge in [0.15, 0.2) is 23.3 Å². The van der Waals surface area contributed by atoms with Crippen LogP contribution in [0.25, 0.3) is 6.08 Å². The number of anilines is 1. The van der Waals surface area contributed by atoms with Gasteiger partial charge in [-0.1, -0.05) is 61.2 Å². The molecule has 0 atom stereocenters. The molecule has 3 aromatic carbocycles. The smallest absolute Gasteiger partial charge is 0.267 e. The predicted octanol–water partition coefficient (Wildman–Crippen LogP) is 6.96. The molecule has 2 aliphatic rings. The third-order valence-electron chi connectivity index (χ3n) is 6.94. The van der Waals surface area contributed by atoms with Crippen LogP contribution in [0.2, 0.25) is 0 Å². The van der Waals surface area contributed by atoms with Crippen LogP contribution >= 0.6 is 11.8 Å². The number of rotatable bonds is 8. The highest BCUT2D eigenvalue weighted by Gasteiger charge is 2.38. The van der Waals surface area contributed by atoms with E-state index in [9.17, 15) is 9.59 Å². The summed E-state index contributed by atoms with van der Waals surface area (Å²) in [6.45, 7) is 1.89. The number of hydrogen-bond donors (Lipinski definition) is 1. The number of ether oxygens (including phenoxy) is 2. The third kappa shape index (κ3) is 6.74. The summed E-state index contributed by atoms with van der Waals surface area (Å²) in [5, 5.41) is 3.52. The number of hydrogen-bond acceptors (Lipinski definition) is 6. The lowest BCUT2D eigenvalue weighted by molar-refractivity contribution is -0.124. The van der Waals surface area contributed by atoms with E-state index in [1.165, 1.54) is 23.7 Å². The van der Waals surface area contributed by atoms with Crippen LogP contribution in [0, 0.1) is 6.92 Å². The van der Waals surface area contributed by atoms with Crippen LogP contribution in [0.1, 0.15) is 43.2 Å². The minimum absolute atomic E-state index is 0.0142. The number of aryl methyl sites for hydroxylation is 1. The molecule has 0 spiro atoms. The zero-order valence-corrected chi connectivity index (χ0v) is 23.6. The highest BCUT2D eigenvalue weighted by molar-refractivity contribution is 8.18. The number of para-hydroxylation sites is 1. The lowest BCUT2D eigenvalue weighted by Gasteiger charge is -2.30. The Labute approximate surface area is 239 Å². The Balaban J connectivity index is 1.34. The van der Waals surface area contributed by atoms with Gasteiger partial charge in [-0.15, -0.1) is 0 Å². The van der Waals surface area contributed by atoms with Crippen molar-refractivity contribution in [3.8, 4) is 11.5 Å². The zero-order chi connectivity index (χ0) is 27.9. The largest absolute Gasteiger partial charge is 0.493 e. The Hall–Kier alpha value is -4.04. The summed E-state index contributed by atoms with van der Waals surface area (Å²) in [7, 11) is 1.55. The number of amides is 2. The minimum atomic E-state index is -0.268. The molecule has 40 heavy (non-hydrogen) atoms. The topological polar surface area (TPSA) is 80.2 Å². The maximum atomic E-state index is 13.7. The van der Waals surface area contributed by atoms with E-state index in [4.69, 9.17) is 14.5 Å². The van der Waals surface area contributed by atoms with Crippen molar-refractivity contribution in [3.05, 3.63) is 88.8 Å². The van der Waals surface area contributed by atoms with Gasteiger partial charge in [0.1, 0.15) is 0 Å². The van der Waals surface area contributed by atoms with Crippen LogP contribution in [0.15, 0.2) is 82.7 Å². The van der Waals surface area contributed by atoms with Crippen LogP contribution in [0.3, 0.4) is 0 Å². The molecule has 1 saturated heterocycles. The first-order valence-electron chi connectivity index (χ1n) is 13.5. The van der Waals surface area contributed by atoms with Gasteiger partial charge in [0.05, 0.1) is 17.7 Å². The second-order valence-corrected chi connectivity index (χ2v) is 10.9. The van der Waals surface area contributed by atoms with E-state index in [0.717, 1.165) is 42.1 Å². The molecule has 1 saturated carbocycles. The maximum Gasteiger partial charge on any atom is 0.267 e. The summed E-state index contributed by atoms with van der Waals surface area (Å²) in [5.74, 6) is 0.647. The Bertz CT molecular complexity index is 1410. The van der Waals surface area contributed by atoms with Gasteiger partial charge in [-0.25, -0.2) is 4.99 Å². The second kappa shape index (κ2) is 12.9.